The largest absolute Gasteiger partial charge is 0.454 e. The van der Waals surface area contributed by atoms with Crippen LogP contribution in [0.25, 0.3) is 0 Å². The Kier molecular flexibility index (Phi) is 3.71. The molecule has 0 aromatic heterocycles. The van der Waals surface area contributed by atoms with Gasteiger partial charge in [0.1, 0.15) is 0 Å². The zero-order valence-electron chi connectivity index (χ0n) is 14.4. The SMILES string of the molecule is O=C(c1ccc2c(c1)OCO2)N1CCc2cc(N3CCOCC3)ccc21. The van der Waals surface area contributed by atoms with Crippen LogP contribution >= 0.6 is 0 Å². The number of hydrogen-bond acceptors (Lipinski definition) is 5. The van der Waals surface area contributed by atoms with Gasteiger partial charge in [0, 0.05) is 36.6 Å². The summed E-state index contributed by atoms with van der Waals surface area (Å²) in [5, 5.41) is 0. The molecule has 0 atom stereocenters. The van der Waals surface area contributed by atoms with Gasteiger partial charge in [-0.05, 0) is 48.4 Å². The molecular weight excluding hydrogens is 332 g/mol. The summed E-state index contributed by atoms with van der Waals surface area (Å²) in [6, 6.07) is 11.8. The monoisotopic (exact) mass is 352 g/mol. The summed E-state index contributed by atoms with van der Waals surface area (Å²) in [4.78, 5) is 17.2. The molecule has 0 saturated carbocycles. The quantitative estimate of drug-likeness (QED) is 0.831. The Morgan fingerprint density at radius 2 is 1.77 bits per heavy atom. The van der Waals surface area contributed by atoms with E-state index in [1.165, 1.54) is 11.3 Å². The molecule has 6 heteroatoms. The molecule has 1 amide bonds. The van der Waals surface area contributed by atoms with Gasteiger partial charge in [-0.15, -0.1) is 0 Å². The lowest BCUT2D eigenvalue weighted by atomic mass is 10.1. The minimum absolute atomic E-state index is 0.00109. The summed E-state index contributed by atoms with van der Waals surface area (Å²) in [5.74, 6) is 1.33. The van der Waals surface area contributed by atoms with E-state index in [0.717, 1.165) is 38.4 Å². The maximum atomic E-state index is 13.0. The van der Waals surface area contributed by atoms with Crippen molar-refractivity contribution in [3.8, 4) is 11.5 Å². The number of nitrogens with zero attached hydrogens (tertiary/aromatic N) is 2. The van der Waals surface area contributed by atoms with Gasteiger partial charge >= 0.3 is 0 Å². The van der Waals surface area contributed by atoms with Crippen molar-refractivity contribution in [2.24, 2.45) is 0 Å². The molecule has 0 bridgehead atoms. The fraction of sp³-hybridized carbons (Fsp3) is 0.350. The number of amides is 1. The summed E-state index contributed by atoms with van der Waals surface area (Å²) in [7, 11) is 0. The van der Waals surface area contributed by atoms with Crippen LogP contribution in [0, 0.1) is 0 Å². The predicted octanol–water partition coefficient (Wildman–Crippen LogP) is 2.45. The normalized spacial score (nSPS) is 18.2. The fourth-order valence-corrected chi connectivity index (χ4v) is 3.80. The summed E-state index contributed by atoms with van der Waals surface area (Å²) in [6.45, 7) is 4.29. The topological polar surface area (TPSA) is 51.2 Å². The van der Waals surface area contributed by atoms with Crippen molar-refractivity contribution in [2.75, 3.05) is 49.4 Å². The molecule has 3 aliphatic rings. The Morgan fingerprint density at radius 1 is 0.923 bits per heavy atom. The summed E-state index contributed by atoms with van der Waals surface area (Å²) in [5.41, 5.74) is 4.07. The van der Waals surface area contributed by atoms with Crippen molar-refractivity contribution < 1.29 is 19.0 Å². The molecular formula is C20H20N2O4. The smallest absolute Gasteiger partial charge is 0.258 e. The zero-order valence-corrected chi connectivity index (χ0v) is 14.4. The molecule has 0 unspecified atom stereocenters. The molecule has 5 rings (SSSR count). The Bertz CT molecular complexity index is 861. The van der Waals surface area contributed by atoms with Gasteiger partial charge in [0.2, 0.25) is 6.79 Å². The van der Waals surface area contributed by atoms with Crippen molar-refractivity contribution in [2.45, 2.75) is 6.42 Å². The van der Waals surface area contributed by atoms with Crippen LogP contribution in [-0.2, 0) is 11.2 Å². The fourth-order valence-electron chi connectivity index (χ4n) is 3.80. The highest BCUT2D eigenvalue weighted by Gasteiger charge is 2.27. The van der Waals surface area contributed by atoms with Crippen LogP contribution in [0.1, 0.15) is 15.9 Å². The van der Waals surface area contributed by atoms with Crippen LogP contribution in [0.15, 0.2) is 36.4 Å². The minimum atomic E-state index is 0.00109. The van der Waals surface area contributed by atoms with Gasteiger partial charge in [-0.2, -0.15) is 0 Å². The van der Waals surface area contributed by atoms with Gasteiger partial charge in [-0.25, -0.2) is 0 Å². The second-order valence-corrected chi connectivity index (χ2v) is 6.69. The molecule has 3 heterocycles. The number of benzene rings is 2. The molecule has 0 radical (unpaired) electrons. The summed E-state index contributed by atoms with van der Waals surface area (Å²) in [6.07, 6.45) is 0.879. The number of carbonyl (C=O) groups excluding carboxylic acids is 1. The number of anilines is 2. The van der Waals surface area contributed by atoms with Crippen LogP contribution in [0.2, 0.25) is 0 Å². The highest BCUT2D eigenvalue weighted by Crippen LogP contribution is 2.36. The van der Waals surface area contributed by atoms with Crippen molar-refractivity contribution in [1.82, 2.24) is 0 Å². The molecule has 2 aromatic carbocycles. The molecule has 1 fully saturated rings. The third-order valence-corrected chi connectivity index (χ3v) is 5.20. The van der Waals surface area contributed by atoms with Gasteiger partial charge in [-0.3, -0.25) is 4.79 Å². The number of fused-ring (bicyclic) bond motifs is 2. The maximum absolute atomic E-state index is 13.0. The zero-order chi connectivity index (χ0) is 17.5. The molecule has 134 valence electrons. The minimum Gasteiger partial charge on any atom is -0.454 e. The highest BCUT2D eigenvalue weighted by molar-refractivity contribution is 6.07. The Labute approximate surface area is 151 Å². The Morgan fingerprint density at radius 3 is 2.65 bits per heavy atom. The van der Waals surface area contributed by atoms with Crippen LogP contribution < -0.4 is 19.3 Å². The van der Waals surface area contributed by atoms with Gasteiger partial charge in [-0.1, -0.05) is 0 Å². The van der Waals surface area contributed by atoms with Gasteiger partial charge < -0.3 is 24.0 Å². The standard InChI is InChI=1S/C20H20N2O4/c23-20(15-1-4-18-19(12-15)26-13-25-18)22-6-5-14-11-16(2-3-17(14)22)21-7-9-24-10-8-21/h1-4,11-12H,5-10,13H2. The number of ether oxygens (including phenoxy) is 3. The van der Waals surface area contributed by atoms with Crippen molar-refractivity contribution >= 4 is 17.3 Å². The van der Waals surface area contributed by atoms with Crippen molar-refractivity contribution in [3.05, 3.63) is 47.5 Å². The second-order valence-electron chi connectivity index (χ2n) is 6.69. The lowest BCUT2D eigenvalue weighted by Gasteiger charge is -2.29. The van der Waals surface area contributed by atoms with E-state index in [1.807, 2.05) is 4.90 Å². The Balaban J connectivity index is 1.40. The average molecular weight is 352 g/mol. The lowest BCUT2D eigenvalue weighted by Crippen LogP contribution is -2.36. The molecule has 0 N–H and O–H groups in total. The first-order valence-corrected chi connectivity index (χ1v) is 8.97. The van der Waals surface area contributed by atoms with Gasteiger partial charge in [0.15, 0.2) is 11.5 Å². The van der Waals surface area contributed by atoms with Crippen LogP contribution in [0.4, 0.5) is 11.4 Å². The third-order valence-electron chi connectivity index (χ3n) is 5.20. The van der Waals surface area contributed by atoms with E-state index in [1.54, 1.807) is 18.2 Å². The molecule has 0 spiro atoms. The number of carbonyl (C=O) groups is 1. The third kappa shape index (κ3) is 2.57. The summed E-state index contributed by atoms with van der Waals surface area (Å²) >= 11 is 0. The molecule has 1 saturated heterocycles. The number of morpholine rings is 1. The van der Waals surface area contributed by atoms with Crippen LogP contribution in [0.3, 0.4) is 0 Å². The van der Waals surface area contributed by atoms with E-state index in [-0.39, 0.29) is 12.7 Å². The second kappa shape index (κ2) is 6.21. The van der Waals surface area contributed by atoms with E-state index >= 15 is 0 Å². The van der Waals surface area contributed by atoms with Crippen LogP contribution in [0.5, 0.6) is 11.5 Å². The van der Waals surface area contributed by atoms with E-state index in [4.69, 9.17) is 14.2 Å². The van der Waals surface area contributed by atoms with Gasteiger partial charge in [0.25, 0.3) is 5.91 Å². The van der Waals surface area contributed by atoms with Crippen LogP contribution in [-0.4, -0.2) is 45.5 Å². The predicted molar refractivity (Wildman–Crippen MR) is 97.4 cm³/mol. The first-order chi connectivity index (χ1) is 12.8. The molecule has 26 heavy (non-hydrogen) atoms. The summed E-state index contributed by atoms with van der Waals surface area (Å²) < 4.78 is 16.1. The maximum Gasteiger partial charge on any atom is 0.258 e. The lowest BCUT2D eigenvalue weighted by molar-refractivity contribution is 0.0989. The van der Waals surface area contributed by atoms with Crippen molar-refractivity contribution in [1.29, 1.82) is 0 Å². The first kappa shape index (κ1) is 15.5. The van der Waals surface area contributed by atoms with Gasteiger partial charge in [0.05, 0.1) is 13.2 Å². The van der Waals surface area contributed by atoms with E-state index in [2.05, 4.69) is 23.1 Å². The Hall–Kier alpha value is -2.73. The molecule has 0 aliphatic carbocycles. The number of rotatable bonds is 2. The number of hydrogen-bond donors (Lipinski definition) is 0. The first-order valence-electron chi connectivity index (χ1n) is 8.97. The van der Waals surface area contributed by atoms with E-state index in [0.29, 0.717) is 23.6 Å². The average Bonchev–Trinajstić information content (AvgIpc) is 3.33. The molecule has 2 aromatic rings. The van der Waals surface area contributed by atoms with Crippen molar-refractivity contribution in [3.63, 3.8) is 0 Å². The van der Waals surface area contributed by atoms with E-state index < -0.39 is 0 Å². The highest BCUT2D eigenvalue weighted by atomic mass is 16.7. The molecule has 3 aliphatic heterocycles. The molecule has 6 nitrogen and oxygen atoms in total. The van der Waals surface area contributed by atoms with E-state index in [9.17, 15) is 4.79 Å².